The minimum absolute atomic E-state index is 0.508. The van der Waals surface area contributed by atoms with E-state index in [0.717, 1.165) is 17.7 Å². The van der Waals surface area contributed by atoms with Gasteiger partial charge in [0.05, 0.1) is 12.7 Å². The predicted molar refractivity (Wildman–Crippen MR) is 80.0 cm³/mol. The van der Waals surface area contributed by atoms with Crippen LogP contribution < -0.4 is 4.74 Å². The first-order chi connectivity index (χ1) is 9.24. The number of hydrogen-bond donors (Lipinski definition) is 1. The van der Waals surface area contributed by atoms with Crippen LogP contribution >= 0.6 is 11.3 Å². The van der Waals surface area contributed by atoms with Gasteiger partial charge in [0.2, 0.25) is 0 Å². The fourth-order valence-electron chi connectivity index (χ4n) is 2.07. The van der Waals surface area contributed by atoms with Crippen molar-refractivity contribution in [3.05, 3.63) is 51.7 Å². The van der Waals surface area contributed by atoms with E-state index in [9.17, 15) is 5.11 Å². The molecule has 3 heteroatoms. The van der Waals surface area contributed by atoms with Gasteiger partial charge >= 0.3 is 0 Å². The molecule has 1 unspecified atom stereocenters. The van der Waals surface area contributed by atoms with E-state index in [1.807, 2.05) is 31.2 Å². The van der Waals surface area contributed by atoms with Crippen molar-refractivity contribution in [2.45, 2.75) is 32.8 Å². The van der Waals surface area contributed by atoms with E-state index in [1.165, 1.54) is 9.75 Å². The number of ether oxygens (including phenoxy) is 1. The zero-order chi connectivity index (χ0) is 13.7. The molecule has 2 aromatic rings. The lowest BCUT2D eigenvalue weighted by Crippen LogP contribution is -2.04. The van der Waals surface area contributed by atoms with Crippen LogP contribution in [0.15, 0.2) is 36.4 Å². The molecule has 19 heavy (non-hydrogen) atoms. The topological polar surface area (TPSA) is 29.5 Å². The predicted octanol–water partition coefficient (Wildman–Crippen LogP) is 3.99. The highest BCUT2D eigenvalue weighted by atomic mass is 32.1. The van der Waals surface area contributed by atoms with Crippen molar-refractivity contribution in [3.63, 3.8) is 0 Å². The Morgan fingerprint density at radius 2 is 1.84 bits per heavy atom. The molecule has 0 spiro atoms. The molecule has 0 bridgehead atoms. The lowest BCUT2D eigenvalue weighted by molar-refractivity contribution is 0.173. The summed E-state index contributed by atoms with van der Waals surface area (Å²) in [6.07, 6.45) is 1.19. The standard InChI is InChI=1S/C16H20O2S/c1-3-12-9-10-13(19-12)11-15(17)14-7-5-6-8-16(14)18-4-2/h5-10,15,17H,3-4,11H2,1-2H3. The number of benzene rings is 1. The van der Waals surface area contributed by atoms with Crippen LogP contribution in [0.1, 0.15) is 35.3 Å². The first-order valence-corrected chi connectivity index (χ1v) is 7.53. The fourth-order valence-corrected chi connectivity index (χ4v) is 3.06. The van der Waals surface area contributed by atoms with Crippen molar-refractivity contribution in [2.24, 2.45) is 0 Å². The molecule has 0 aliphatic rings. The molecule has 2 nitrogen and oxygen atoms in total. The normalized spacial score (nSPS) is 12.4. The molecule has 0 amide bonds. The lowest BCUT2D eigenvalue weighted by Gasteiger charge is -2.14. The Kier molecular flexibility index (Phi) is 5.00. The highest BCUT2D eigenvalue weighted by Gasteiger charge is 2.14. The largest absolute Gasteiger partial charge is 0.493 e. The molecular weight excluding hydrogens is 256 g/mol. The minimum atomic E-state index is -0.508. The van der Waals surface area contributed by atoms with Gasteiger partial charge in [-0.15, -0.1) is 11.3 Å². The maximum absolute atomic E-state index is 10.4. The summed E-state index contributed by atoms with van der Waals surface area (Å²) >= 11 is 1.77. The van der Waals surface area contributed by atoms with E-state index >= 15 is 0 Å². The van der Waals surface area contributed by atoms with Crippen LogP contribution in [0.5, 0.6) is 5.75 Å². The maximum atomic E-state index is 10.4. The minimum Gasteiger partial charge on any atom is -0.493 e. The van der Waals surface area contributed by atoms with Gasteiger partial charge in [0.25, 0.3) is 0 Å². The molecule has 0 radical (unpaired) electrons. The number of aliphatic hydroxyl groups is 1. The van der Waals surface area contributed by atoms with Crippen LogP contribution in [0, 0.1) is 0 Å². The first-order valence-electron chi connectivity index (χ1n) is 6.72. The summed E-state index contributed by atoms with van der Waals surface area (Å²) in [5.74, 6) is 0.782. The van der Waals surface area contributed by atoms with E-state index in [-0.39, 0.29) is 0 Å². The third-order valence-electron chi connectivity index (χ3n) is 3.04. The Hall–Kier alpha value is -1.32. The molecule has 0 saturated carbocycles. The van der Waals surface area contributed by atoms with Crippen LogP contribution in [0.25, 0.3) is 0 Å². The molecule has 0 aliphatic carbocycles. The summed E-state index contributed by atoms with van der Waals surface area (Å²) in [7, 11) is 0. The third kappa shape index (κ3) is 3.58. The van der Waals surface area contributed by atoms with Crippen molar-refractivity contribution in [1.82, 2.24) is 0 Å². The average molecular weight is 276 g/mol. The van der Waals surface area contributed by atoms with Crippen LogP contribution in [0.3, 0.4) is 0 Å². The summed E-state index contributed by atoms with van der Waals surface area (Å²) < 4.78 is 5.57. The van der Waals surface area contributed by atoms with Gasteiger partial charge in [-0.2, -0.15) is 0 Å². The smallest absolute Gasteiger partial charge is 0.125 e. The second-order valence-electron chi connectivity index (χ2n) is 4.41. The number of thiophene rings is 1. The molecule has 1 aromatic carbocycles. The summed E-state index contributed by atoms with van der Waals surface area (Å²) in [6.45, 7) is 4.72. The highest BCUT2D eigenvalue weighted by molar-refractivity contribution is 7.11. The Morgan fingerprint density at radius 1 is 1.11 bits per heavy atom. The van der Waals surface area contributed by atoms with E-state index < -0.39 is 6.10 Å². The summed E-state index contributed by atoms with van der Waals surface area (Å²) in [6, 6.07) is 12.0. The molecular formula is C16H20O2S. The SMILES string of the molecule is CCOc1ccccc1C(O)Cc1ccc(CC)s1. The van der Waals surface area contributed by atoms with Gasteiger partial charge in [-0.25, -0.2) is 0 Å². The second-order valence-corrected chi connectivity index (χ2v) is 5.67. The zero-order valence-electron chi connectivity index (χ0n) is 11.4. The summed E-state index contributed by atoms with van der Waals surface area (Å²) in [5, 5.41) is 10.4. The number of hydrogen-bond acceptors (Lipinski definition) is 3. The monoisotopic (exact) mass is 276 g/mol. The van der Waals surface area contributed by atoms with Gasteiger partial charge < -0.3 is 9.84 Å². The van der Waals surface area contributed by atoms with Gasteiger partial charge in [0.15, 0.2) is 0 Å². The zero-order valence-corrected chi connectivity index (χ0v) is 12.2. The Morgan fingerprint density at radius 3 is 2.53 bits per heavy atom. The number of para-hydroxylation sites is 1. The highest BCUT2D eigenvalue weighted by Crippen LogP contribution is 2.29. The van der Waals surface area contributed by atoms with E-state index in [1.54, 1.807) is 11.3 Å². The maximum Gasteiger partial charge on any atom is 0.125 e. The first kappa shape index (κ1) is 14.1. The molecule has 0 fully saturated rings. The van der Waals surface area contributed by atoms with Crippen LogP contribution in [-0.2, 0) is 12.8 Å². The van der Waals surface area contributed by atoms with Gasteiger partial charge in [-0.3, -0.25) is 0 Å². The number of aryl methyl sites for hydroxylation is 1. The fraction of sp³-hybridized carbons (Fsp3) is 0.375. The second kappa shape index (κ2) is 6.73. The van der Waals surface area contributed by atoms with Gasteiger partial charge in [0.1, 0.15) is 5.75 Å². The molecule has 1 aromatic heterocycles. The van der Waals surface area contributed by atoms with Crippen LogP contribution in [-0.4, -0.2) is 11.7 Å². The van der Waals surface area contributed by atoms with Crippen molar-refractivity contribution < 1.29 is 9.84 Å². The number of aliphatic hydroxyl groups excluding tert-OH is 1. The van der Waals surface area contributed by atoms with Crippen molar-refractivity contribution >= 4 is 11.3 Å². The Balaban J connectivity index is 2.12. The molecule has 102 valence electrons. The van der Waals surface area contributed by atoms with E-state index in [0.29, 0.717) is 13.0 Å². The third-order valence-corrected chi connectivity index (χ3v) is 4.29. The molecule has 1 atom stereocenters. The van der Waals surface area contributed by atoms with Gasteiger partial charge in [-0.05, 0) is 31.5 Å². The van der Waals surface area contributed by atoms with Crippen LogP contribution in [0.4, 0.5) is 0 Å². The van der Waals surface area contributed by atoms with Crippen molar-refractivity contribution in [3.8, 4) is 5.75 Å². The quantitative estimate of drug-likeness (QED) is 0.864. The molecule has 0 aliphatic heterocycles. The lowest BCUT2D eigenvalue weighted by atomic mass is 10.0. The average Bonchev–Trinajstić information content (AvgIpc) is 2.87. The molecule has 1 heterocycles. The molecule has 1 N–H and O–H groups in total. The van der Waals surface area contributed by atoms with Crippen molar-refractivity contribution in [2.75, 3.05) is 6.61 Å². The van der Waals surface area contributed by atoms with Crippen molar-refractivity contribution in [1.29, 1.82) is 0 Å². The van der Waals surface area contributed by atoms with E-state index in [4.69, 9.17) is 4.74 Å². The van der Waals surface area contributed by atoms with Gasteiger partial charge in [0, 0.05) is 21.7 Å². The number of rotatable bonds is 6. The Bertz CT molecular complexity index is 519. The summed E-state index contributed by atoms with van der Waals surface area (Å²) in [5.41, 5.74) is 0.871. The Labute approximate surface area is 118 Å². The molecule has 0 saturated heterocycles. The van der Waals surface area contributed by atoms with E-state index in [2.05, 4.69) is 19.1 Å². The van der Waals surface area contributed by atoms with Crippen LogP contribution in [0.2, 0.25) is 0 Å². The molecule has 2 rings (SSSR count). The van der Waals surface area contributed by atoms with Gasteiger partial charge in [-0.1, -0.05) is 25.1 Å². The summed E-state index contributed by atoms with van der Waals surface area (Å²) in [4.78, 5) is 2.58.